The van der Waals surface area contributed by atoms with Crippen molar-refractivity contribution in [1.82, 2.24) is 19.5 Å². The summed E-state index contributed by atoms with van der Waals surface area (Å²) in [6.07, 6.45) is 1.83. The van der Waals surface area contributed by atoms with Gasteiger partial charge in [-0.05, 0) is 54.8 Å². The van der Waals surface area contributed by atoms with Crippen LogP contribution in [0.4, 0.5) is 17.5 Å². The Hall–Kier alpha value is -2.32. The fourth-order valence-electron chi connectivity index (χ4n) is 4.28. The van der Waals surface area contributed by atoms with Gasteiger partial charge in [0.2, 0.25) is 5.95 Å². The molecule has 40 heavy (non-hydrogen) atoms. The van der Waals surface area contributed by atoms with Gasteiger partial charge in [0.1, 0.15) is 12.3 Å². The summed E-state index contributed by atoms with van der Waals surface area (Å²) in [5, 5.41) is 3.58. The van der Waals surface area contributed by atoms with E-state index in [-0.39, 0.29) is 34.5 Å². The van der Waals surface area contributed by atoms with Crippen LogP contribution in [0.1, 0.15) is 59.8 Å². The van der Waals surface area contributed by atoms with Gasteiger partial charge < -0.3 is 24.6 Å². The third-order valence-electron chi connectivity index (χ3n) is 8.99. The topological polar surface area (TPSA) is 109 Å². The molecule has 3 N–H and O–H groups in total. The van der Waals surface area contributed by atoms with E-state index in [4.69, 9.17) is 24.3 Å². The van der Waals surface area contributed by atoms with Crippen molar-refractivity contribution in [3.63, 3.8) is 0 Å². The minimum atomic E-state index is -2.06. The molecule has 0 unspecified atom stereocenters. The summed E-state index contributed by atoms with van der Waals surface area (Å²) < 4.78 is 22.3. The summed E-state index contributed by atoms with van der Waals surface area (Å²) in [6, 6.07) is 8.04. The van der Waals surface area contributed by atoms with Crippen molar-refractivity contribution in [2.24, 2.45) is 0 Å². The monoisotopic (exact) mass is 584 g/mol. The SMILES string of the molecule is Cc1ccccc1Nc1nc(N)nc2c1ncn2[C@H]1C[C@H](O[Si](C)(C)C(C)(C)C)[C@@H](CO[Si](C)(C)C(C)(C)C)O1. The summed E-state index contributed by atoms with van der Waals surface area (Å²) >= 11 is 0. The van der Waals surface area contributed by atoms with E-state index in [9.17, 15) is 0 Å². The van der Waals surface area contributed by atoms with Crippen molar-refractivity contribution in [3.05, 3.63) is 36.2 Å². The van der Waals surface area contributed by atoms with E-state index in [2.05, 4.69) is 83.0 Å². The molecule has 1 saturated heterocycles. The summed E-state index contributed by atoms with van der Waals surface area (Å²) in [6.45, 7) is 25.2. The molecular formula is C29H48N6O3Si2. The highest BCUT2D eigenvalue weighted by molar-refractivity contribution is 6.74. The van der Waals surface area contributed by atoms with Crippen molar-refractivity contribution in [2.45, 2.75) is 110 Å². The number of nitrogens with zero attached hydrogens (tertiary/aromatic N) is 4. The predicted molar refractivity (Wildman–Crippen MR) is 168 cm³/mol. The number of hydrogen-bond donors (Lipinski definition) is 2. The molecule has 3 heterocycles. The molecule has 0 radical (unpaired) electrons. The number of rotatable bonds is 8. The number of para-hydroxylation sites is 1. The van der Waals surface area contributed by atoms with E-state index in [0.29, 0.717) is 30.0 Å². The number of nitrogens with one attached hydrogen (secondary N) is 1. The normalized spacial score (nSPS) is 20.8. The van der Waals surface area contributed by atoms with Gasteiger partial charge >= 0.3 is 0 Å². The first-order valence-corrected chi connectivity index (χ1v) is 20.0. The van der Waals surface area contributed by atoms with E-state index in [1.165, 1.54) is 0 Å². The number of nitrogens with two attached hydrogens (primary N) is 1. The lowest BCUT2D eigenvalue weighted by Crippen LogP contribution is -2.48. The second-order valence-corrected chi connectivity index (χ2v) is 23.6. The molecular weight excluding hydrogens is 537 g/mol. The first-order chi connectivity index (χ1) is 18.4. The Morgan fingerprint density at radius 2 is 1.68 bits per heavy atom. The molecule has 3 aromatic rings. The molecule has 1 aliphatic heterocycles. The van der Waals surface area contributed by atoms with Gasteiger partial charge in [-0.15, -0.1) is 0 Å². The molecule has 1 aliphatic rings. The third-order valence-corrected chi connectivity index (χ3v) is 18.0. The number of nitrogen functional groups attached to an aromatic ring is 1. The third kappa shape index (κ3) is 6.28. The number of aryl methyl sites for hydroxylation is 1. The Kier molecular flexibility index (Phi) is 8.29. The molecule has 2 aromatic heterocycles. The van der Waals surface area contributed by atoms with Gasteiger partial charge in [0, 0.05) is 12.1 Å². The molecule has 4 rings (SSSR count). The minimum absolute atomic E-state index is 0.0788. The molecule has 1 fully saturated rings. The van der Waals surface area contributed by atoms with Gasteiger partial charge in [-0.25, -0.2) is 4.98 Å². The fraction of sp³-hybridized carbons (Fsp3) is 0.621. The lowest BCUT2D eigenvalue weighted by atomic mass is 10.2. The van der Waals surface area contributed by atoms with Crippen LogP contribution < -0.4 is 11.1 Å². The minimum Gasteiger partial charge on any atom is -0.414 e. The summed E-state index contributed by atoms with van der Waals surface area (Å²) in [7, 11) is -4.04. The zero-order valence-corrected chi connectivity index (χ0v) is 28.1. The van der Waals surface area contributed by atoms with Crippen LogP contribution in [0.25, 0.3) is 11.2 Å². The quantitative estimate of drug-likeness (QED) is 0.268. The second-order valence-electron chi connectivity index (χ2n) is 14.0. The highest BCUT2D eigenvalue weighted by atomic mass is 28.4. The van der Waals surface area contributed by atoms with Crippen LogP contribution in [0.15, 0.2) is 30.6 Å². The van der Waals surface area contributed by atoms with Gasteiger partial charge in [0.15, 0.2) is 33.6 Å². The Balaban J connectivity index is 1.65. The molecule has 0 amide bonds. The van der Waals surface area contributed by atoms with E-state index in [1.54, 1.807) is 6.33 Å². The summed E-state index contributed by atoms with van der Waals surface area (Å²) in [5.74, 6) is 0.746. The molecule has 11 heteroatoms. The second kappa shape index (κ2) is 10.8. The lowest BCUT2D eigenvalue weighted by Gasteiger charge is -2.40. The maximum absolute atomic E-state index is 6.95. The van der Waals surface area contributed by atoms with Gasteiger partial charge in [-0.2, -0.15) is 9.97 Å². The first kappa shape index (κ1) is 30.6. The number of hydrogen-bond acceptors (Lipinski definition) is 8. The van der Waals surface area contributed by atoms with Crippen molar-refractivity contribution in [3.8, 4) is 0 Å². The fourth-order valence-corrected chi connectivity index (χ4v) is 6.65. The van der Waals surface area contributed by atoms with Crippen molar-refractivity contribution in [1.29, 1.82) is 0 Å². The predicted octanol–water partition coefficient (Wildman–Crippen LogP) is 7.16. The molecule has 1 aromatic carbocycles. The van der Waals surface area contributed by atoms with Crippen molar-refractivity contribution < 1.29 is 13.6 Å². The first-order valence-electron chi connectivity index (χ1n) is 14.2. The highest BCUT2D eigenvalue weighted by Gasteiger charge is 2.47. The average molecular weight is 585 g/mol. The Morgan fingerprint density at radius 3 is 2.30 bits per heavy atom. The van der Waals surface area contributed by atoms with Crippen molar-refractivity contribution >= 4 is 45.3 Å². The number of imidazole rings is 1. The van der Waals surface area contributed by atoms with Crippen LogP contribution in [0.3, 0.4) is 0 Å². The van der Waals surface area contributed by atoms with Gasteiger partial charge in [0.05, 0.1) is 19.0 Å². The molecule has 0 spiro atoms. The number of fused-ring (bicyclic) bond motifs is 1. The molecule has 3 atom stereocenters. The molecule has 220 valence electrons. The Labute approximate surface area is 241 Å². The van der Waals surface area contributed by atoms with Crippen LogP contribution in [-0.4, -0.2) is 55.0 Å². The molecule has 0 bridgehead atoms. The molecule has 0 aliphatic carbocycles. The highest BCUT2D eigenvalue weighted by Crippen LogP contribution is 2.43. The number of aromatic nitrogens is 4. The zero-order chi connectivity index (χ0) is 29.7. The van der Waals surface area contributed by atoms with Crippen molar-refractivity contribution in [2.75, 3.05) is 17.7 Å². The molecule has 9 nitrogen and oxygen atoms in total. The van der Waals surface area contributed by atoms with Gasteiger partial charge in [-0.1, -0.05) is 59.7 Å². The zero-order valence-electron chi connectivity index (χ0n) is 26.1. The Bertz CT molecular complexity index is 1350. The van der Waals surface area contributed by atoms with E-state index in [1.807, 2.05) is 35.8 Å². The van der Waals surface area contributed by atoms with Crippen LogP contribution in [0.5, 0.6) is 0 Å². The van der Waals surface area contributed by atoms with Gasteiger partial charge in [-0.3, -0.25) is 4.57 Å². The number of anilines is 3. The Morgan fingerprint density at radius 1 is 1.02 bits per heavy atom. The van der Waals surface area contributed by atoms with Crippen LogP contribution in [0.2, 0.25) is 36.3 Å². The van der Waals surface area contributed by atoms with Crippen LogP contribution in [0, 0.1) is 6.92 Å². The maximum atomic E-state index is 6.95. The average Bonchev–Trinajstić information content (AvgIpc) is 3.41. The van der Waals surface area contributed by atoms with E-state index >= 15 is 0 Å². The number of ether oxygens (including phenoxy) is 1. The van der Waals surface area contributed by atoms with Gasteiger partial charge in [0.25, 0.3) is 0 Å². The maximum Gasteiger partial charge on any atom is 0.224 e. The largest absolute Gasteiger partial charge is 0.414 e. The summed E-state index contributed by atoms with van der Waals surface area (Å²) in [5.41, 5.74) is 9.50. The van der Waals surface area contributed by atoms with E-state index in [0.717, 1.165) is 11.3 Å². The lowest BCUT2D eigenvalue weighted by molar-refractivity contribution is -0.0383. The summed E-state index contributed by atoms with van der Waals surface area (Å²) in [4.78, 5) is 13.7. The smallest absolute Gasteiger partial charge is 0.224 e. The molecule has 0 saturated carbocycles. The van der Waals surface area contributed by atoms with Crippen LogP contribution >= 0.6 is 0 Å². The standard InChI is InChI=1S/C29H48N6O3Si2/c1-19-14-12-13-15-20(19)32-25-24-26(34-27(30)33-25)35(18-31-24)23-16-21(38-40(10,11)29(5,6)7)22(37-23)17-36-39(8,9)28(2,3)4/h12-15,18,21-23H,16-17H2,1-11H3,(H3,30,32,33,34)/t21-,22+,23+/m0/s1. The van der Waals surface area contributed by atoms with Crippen LogP contribution in [-0.2, 0) is 13.6 Å². The number of benzene rings is 1. The van der Waals surface area contributed by atoms with E-state index < -0.39 is 16.6 Å².